The smallest absolute Gasteiger partial charge is 0.425 e. The van der Waals surface area contributed by atoms with Crippen LogP contribution in [0.4, 0.5) is 10.5 Å². The van der Waals surface area contributed by atoms with Crippen LogP contribution in [-0.4, -0.2) is 17.7 Å². The summed E-state index contributed by atoms with van der Waals surface area (Å²) in [6.07, 6.45) is 0.991. The number of carbonyl (C=O) groups excluding carboxylic acids is 1. The van der Waals surface area contributed by atoms with Crippen LogP contribution in [0, 0.1) is 0 Å². The standard InChI is InChI=1S/C8H10ClN3O2/c1-2-14-8(13)12-11-6-4-3-5-10-7(6)9/h3-5,11H,2H2,1H3,(H,12,13). The summed E-state index contributed by atoms with van der Waals surface area (Å²) in [7, 11) is 0. The molecule has 0 fully saturated rings. The number of hydrogen-bond donors (Lipinski definition) is 2. The summed E-state index contributed by atoms with van der Waals surface area (Å²) >= 11 is 5.72. The Morgan fingerprint density at radius 3 is 3.14 bits per heavy atom. The van der Waals surface area contributed by atoms with Crippen LogP contribution >= 0.6 is 11.6 Å². The van der Waals surface area contributed by atoms with Crippen molar-refractivity contribution in [1.82, 2.24) is 10.4 Å². The van der Waals surface area contributed by atoms with E-state index in [-0.39, 0.29) is 5.15 Å². The van der Waals surface area contributed by atoms with E-state index in [1.807, 2.05) is 0 Å². The molecule has 0 aliphatic heterocycles. The number of pyridine rings is 1. The van der Waals surface area contributed by atoms with Crippen LogP contribution in [0.25, 0.3) is 0 Å². The number of nitrogens with zero attached hydrogens (tertiary/aromatic N) is 1. The van der Waals surface area contributed by atoms with Gasteiger partial charge < -0.3 is 4.74 Å². The first kappa shape index (κ1) is 10.6. The van der Waals surface area contributed by atoms with Crippen molar-refractivity contribution in [3.05, 3.63) is 23.5 Å². The highest BCUT2D eigenvalue weighted by Gasteiger charge is 2.02. The van der Waals surface area contributed by atoms with Gasteiger partial charge in [-0.25, -0.2) is 15.2 Å². The molecule has 6 heteroatoms. The number of amides is 1. The molecule has 1 rings (SSSR count). The lowest BCUT2D eigenvalue weighted by Crippen LogP contribution is -2.30. The highest BCUT2D eigenvalue weighted by molar-refractivity contribution is 6.31. The van der Waals surface area contributed by atoms with Crippen LogP contribution in [0.1, 0.15) is 6.92 Å². The molecule has 1 aromatic heterocycles. The fourth-order valence-corrected chi connectivity index (χ4v) is 0.931. The summed E-state index contributed by atoms with van der Waals surface area (Å²) in [6, 6.07) is 3.38. The number of rotatable bonds is 3. The molecule has 0 aliphatic rings. The van der Waals surface area contributed by atoms with Gasteiger partial charge in [0.1, 0.15) is 0 Å². The first-order valence-electron chi connectivity index (χ1n) is 4.03. The molecule has 0 bridgehead atoms. The average Bonchev–Trinajstić information content (AvgIpc) is 2.17. The number of hydrazine groups is 1. The van der Waals surface area contributed by atoms with Crippen molar-refractivity contribution in [2.45, 2.75) is 6.92 Å². The molecule has 0 aliphatic carbocycles. The number of ether oxygens (including phenoxy) is 1. The Labute approximate surface area is 86.4 Å². The van der Waals surface area contributed by atoms with Crippen molar-refractivity contribution in [3.8, 4) is 0 Å². The SMILES string of the molecule is CCOC(=O)NNc1cccnc1Cl. The minimum atomic E-state index is -0.563. The minimum Gasteiger partial charge on any atom is -0.449 e. The van der Waals surface area contributed by atoms with Crippen LogP contribution in [0.3, 0.4) is 0 Å². The molecule has 14 heavy (non-hydrogen) atoms. The van der Waals surface area contributed by atoms with Crippen LogP contribution in [0.2, 0.25) is 5.15 Å². The largest absolute Gasteiger partial charge is 0.449 e. The number of nitrogens with one attached hydrogen (secondary N) is 2. The van der Waals surface area contributed by atoms with Crippen molar-refractivity contribution in [1.29, 1.82) is 0 Å². The molecule has 0 radical (unpaired) electrons. The maximum atomic E-state index is 10.9. The van der Waals surface area contributed by atoms with Gasteiger partial charge in [-0.3, -0.25) is 5.43 Å². The van der Waals surface area contributed by atoms with E-state index in [4.69, 9.17) is 11.6 Å². The molecule has 76 valence electrons. The Kier molecular flexibility index (Phi) is 4.00. The molecule has 1 amide bonds. The summed E-state index contributed by atoms with van der Waals surface area (Å²) in [6.45, 7) is 2.03. The Morgan fingerprint density at radius 1 is 1.71 bits per heavy atom. The van der Waals surface area contributed by atoms with E-state index < -0.39 is 6.09 Å². The predicted octanol–water partition coefficient (Wildman–Crippen LogP) is 1.81. The Morgan fingerprint density at radius 2 is 2.50 bits per heavy atom. The topological polar surface area (TPSA) is 63.2 Å². The van der Waals surface area contributed by atoms with Gasteiger partial charge in [0.2, 0.25) is 0 Å². The maximum absolute atomic E-state index is 10.9. The molecule has 0 saturated heterocycles. The summed E-state index contributed by atoms with van der Waals surface area (Å²) in [5.74, 6) is 0. The van der Waals surface area contributed by atoms with Gasteiger partial charge in [-0.15, -0.1) is 0 Å². The molecule has 1 heterocycles. The number of anilines is 1. The van der Waals surface area contributed by atoms with Crippen LogP contribution in [-0.2, 0) is 4.74 Å². The molecule has 0 atom stereocenters. The monoisotopic (exact) mass is 215 g/mol. The van der Waals surface area contributed by atoms with Gasteiger partial charge in [0, 0.05) is 6.20 Å². The summed E-state index contributed by atoms with van der Waals surface area (Å²) < 4.78 is 4.63. The first-order chi connectivity index (χ1) is 6.74. The highest BCUT2D eigenvalue weighted by Crippen LogP contribution is 2.15. The van der Waals surface area contributed by atoms with Gasteiger partial charge in [0.05, 0.1) is 12.3 Å². The van der Waals surface area contributed by atoms with Crippen molar-refractivity contribution in [3.63, 3.8) is 0 Å². The molecule has 5 nitrogen and oxygen atoms in total. The molecule has 0 aromatic carbocycles. The number of halogens is 1. The van der Waals surface area contributed by atoms with Gasteiger partial charge in [-0.05, 0) is 19.1 Å². The zero-order valence-electron chi connectivity index (χ0n) is 7.58. The van der Waals surface area contributed by atoms with Crippen molar-refractivity contribution in [2.24, 2.45) is 0 Å². The normalized spacial score (nSPS) is 9.29. The molecular formula is C8H10ClN3O2. The van der Waals surface area contributed by atoms with Gasteiger partial charge in [-0.1, -0.05) is 11.6 Å². The van der Waals surface area contributed by atoms with Crippen LogP contribution in [0.15, 0.2) is 18.3 Å². The van der Waals surface area contributed by atoms with Crippen molar-refractivity contribution < 1.29 is 9.53 Å². The van der Waals surface area contributed by atoms with Crippen LogP contribution in [0.5, 0.6) is 0 Å². The third-order valence-corrected chi connectivity index (χ3v) is 1.63. The second kappa shape index (κ2) is 5.29. The predicted molar refractivity (Wildman–Crippen MR) is 53.0 cm³/mol. The Balaban J connectivity index is 2.46. The molecule has 0 spiro atoms. The third kappa shape index (κ3) is 3.10. The Bertz CT molecular complexity index is 319. The second-order valence-corrected chi connectivity index (χ2v) is 2.67. The van der Waals surface area contributed by atoms with Crippen LogP contribution < -0.4 is 10.9 Å². The first-order valence-corrected chi connectivity index (χ1v) is 4.41. The molecule has 0 saturated carbocycles. The summed E-state index contributed by atoms with van der Waals surface area (Å²) in [5, 5.41) is 0.282. The van der Waals surface area contributed by atoms with Gasteiger partial charge in [0.25, 0.3) is 0 Å². The highest BCUT2D eigenvalue weighted by atomic mass is 35.5. The van der Waals surface area contributed by atoms with E-state index >= 15 is 0 Å². The maximum Gasteiger partial charge on any atom is 0.425 e. The lowest BCUT2D eigenvalue weighted by atomic mass is 10.4. The van der Waals surface area contributed by atoms with E-state index in [1.54, 1.807) is 25.3 Å². The molecule has 2 N–H and O–H groups in total. The zero-order valence-corrected chi connectivity index (χ0v) is 8.34. The van der Waals surface area contributed by atoms with E-state index in [2.05, 4.69) is 20.6 Å². The number of carbonyl (C=O) groups is 1. The molecule has 1 aromatic rings. The Hall–Kier alpha value is -1.49. The average molecular weight is 216 g/mol. The quantitative estimate of drug-likeness (QED) is 0.596. The fourth-order valence-electron chi connectivity index (χ4n) is 0.765. The van der Waals surface area contributed by atoms with E-state index in [0.29, 0.717) is 12.3 Å². The zero-order chi connectivity index (χ0) is 10.4. The van der Waals surface area contributed by atoms with E-state index in [0.717, 1.165) is 0 Å². The van der Waals surface area contributed by atoms with Gasteiger partial charge >= 0.3 is 6.09 Å². The third-order valence-electron chi connectivity index (χ3n) is 1.33. The van der Waals surface area contributed by atoms with E-state index in [9.17, 15) is 4.79 Å². The van der Waals surface area contributed by atoms with Gasteiger partial charge in [0.15, 0.2) is 5.15 Å². The molecule has 0 unspecified atom stereocenters. The van der Waals surface area contributed by atoms with Crippen molar-refractivity contribution in [2.75, 3.05) is 12.0 Å². The minimum absolute atomic E-state index is 0.282. The van der Waals surface area contributed by atoms with E-state index in [1.165, 1.54) is 0 Å². The second-order valence-electron chi connectivity index (χ2n) is 2.31. The molecular weight excluding hydrogens is 206 g/mol. The van der Waals surface area contributed by atoms with Gasteiger partial charge in [-0.2, -0.15) is 0 Å². The lowest BCUT2D eigenvalue weighted by Gasteiger charge is -2.08. The number of hydrogen-bond acceptors (Lipinski definition) is 4. The number of aromatic nitrogens is 1. The van der Waals surface area contributed by atoms with Crippen molar-refractivity contribution >= 4 is 23.4 Å². The summed E-state index contributed by atoms with van der Waals surface area (Å²) in [5.41, 5.74) is 5.40. The summed E-state index contributed by atoms with van der Waals surface area (Å²) in [4.78, 5) is 14.7. The fraction of sp³-hybridized carbons (Fsp3) is 0.250. The lowest BCUT2D eigenvalue weighted by molar-refractivity contribution is 0.154.